The van der Waals surface area contributed by atoms with Crippen molar-refractivity contribution in [3.05, 3.63) is 60.2 Å². The average Bonchev–Trinajstić information content (AvgIpc) is 3.11. The number of hydrogen-bond acceptors (Lipinski definition) is 3. The SMILES string of the molecule is O=C(Nc1ccccc1)c1ccc(NC(=O)[C@H]2CCCN2)cc1. The fraction of sp³-hybridized carbons (Fsp3) is 0.222. The van der Waals surface area contributed by atoms with Crippen LogP contribution in [0.4, 0.5) is 11.4 Å². The van der Waals surface area contributed by atoms with Crippen molar-refractivity contribution in [3.8, 4) is 0 Å². The van der Waals surface area contributed by atoms with E-state index < -0.39 is 0 Å². The number of nitrogens with one attached hydrogen (secondary N) is 3. The Morgan fingerprint density at radius 2 is 1.61 bits per heavy atom. The van der Waals surface area contributed by atoms with Gasteiger partial charge in [-0.05, 0) is 55.8 Å². The molecule has 2 aromatic rings. The lowest BCUT2D eigenvalue weighted by atomic mass is 10.1. The number of benzene rings is 2. The molecule has 3 rings (SSSR count). The summed E-state index contributed by atoms with van der Waals surface area (Å²) in [5, 5.41) is 8.85. The van der Waals surface area contributed by atoms with E-state index in [1.165, 1.54) is 0 Å². The van der Waals surface area contributed by atoms with Gasteiger partial charge in [-0.3, -0.25) is 9.59 Å². The van der Waals surface area contributed by atoms with Crippen LogP contribution in [0, 0.1) is 0 Å². The third-order valence-corrected chi connectivity index (χ3v) is 3.82. The summed E-state index contributed by atoms with van der Waals surface area (Å²) in [6.07, 6.45) is 1.89. The molecule has 0 bridgehead atoms. The molecular weight excluding hydrogens is 290 g/mol. The van der Waals surface area contributed by atoms with Gasteiger partial charge >= 0.3 is 0 Å². The second kappa shape index (κ2) is 7.07. The number of amides is 2. The summed E-state index contributed by atoms with van der Waals surface area (Å²) in [6.45, 7) is 0.886. The van der Waals surface area contributed by atoms with E-state index in [0.717, 1.165) is 25.1 Å². The molecule has 23 heavy (non-hydrogen) atoms. The van der Waals surface area contributed by atoms with Crippen LogP contribution in [0.2, 0.25) is 0 Å². The van der Waals surface area contributed by atoms with Crippen LogP contribution in [0.5, 0.6) is 0 Å². The zero-order valence-corrected chi connectivity index (χ0v) is 12.7. The van der Waals surface area contributed by atoms with Crippen LogP contribution in [-0.4, -0.2) is 24.4 Å². The van der Waals surface area contributed by atoms with E-state index >= 15 is 0 Å². The van der Waals surface area contributed by atoms with E-state index in [-0.39, 0.29) is 17.9 Å². The Bertz CT molecular complexity index is 677. The molecule has 5 heteroatoms. The van der Waals surface area contributed by atoms with E-state index in [4.69, 9.17) is 0 Å². The van der Waals surface area contributed by atoms with Crippen LogP contribution in [0.15, 0.2) is 54.6 Å². The van der Waals surface area contributed by atoms with Crippen molar-refractivity contribution in [2.45, 2.75) is 18.9 Å². The first-order valence-electron chi connectivity index (χ1n) is 7.73. The molecule has 1 fully saturated rings. The third kappa shape index (κ3) is 3.96. The molecule has 0 unspecified atom stereocenters. The number of rotatable bonds is 4. The lowest BCUT2D eigenvalue weighted by Crippen LogP contribution is -2.35. The summed E-state index contributed by atoms with van der Waals surface area (Å²) in [4.78, 5) is 24.2. The quantitative estimate of drug-likeness (QED) is 0.813. The van der Waals surface area contributed by atoms with Crippen LogP contribution >= 0.6 is 0 Å². The second-order valence-corrected chi connectivity index (χ2v) is 5.54. The molecule has 1 aliphatic heterocycles. The topological polar surface area (TPSA) is 70.2 Å². The summed E-state index contributed by atoms with van der Waals surface area (Å²) in [5.74, 6) is -0.199. The summed E-state index contributed by atoms with van der Waals surface area (Å²) in [7, 11) is 0. The largest absolute Gasteiger partial charge is 0.325 e. The highest BCUT2D eigenvalue weighted by atomic mass is 16.2. The van der Waals surface area contributed by atoms with Crippen molar-refractivity contribution in [1.29, 1.82) is 0 Å². The molecule has 118 valence electrons. The average molecular weight is 309 g/mol. The Hall–Kier alpha value is -2.66. The van der Waals surface area contributed by atoms with Crippen molar-refractivity contribution in [1.82, 2.24) is 5.32 Å². The van der Waals surface area contributed by atoms with Gasteiger partial charge in [-0.25, -0.2) is 0 Å². The number of hydrogen-bond donors (Lipinski definition) is 3. The lowest BCUT2D eigenvalue weighted by Gasteiger charge is -2.11. The van der Waals surface area contributed by atoms with Gasteiger partial charge in [0.15, 0.2) is 0 Å². The molecule has 5 nitrogen and oxygen atoms in total. The predicted molar refractivity (Wildman–Crippen MR) is 90.5 cm³/mol. The monoisotopic (exact) mass is 309 g/mol. The van der Waals surface area contributed by atoms with Crippen LogP contribution in [0.3, 0.4) is 0 Å². The fourth-order valence-electron chi connectivity index (χ4n) is 2.57. The molecule has 0 aromatic heterocycles. The minimum absolute atomic E-state index is 0.0241. The van der Waals surface area contributed by atoms with Crippen LogP contribution in [0.1, 0.15) is 23.2 Å². The summed E-state index contributed by atoms with van der Waals surface area (Å²) in [6, 6.07) is 16.1. The molecule has 1 heterocycles. The van der Waals surface area contributed by atoms with Crippen molar-refractivity contribution >= 4 is 23.2 Å². The molecule has 2 amide bonds. The van der Waals surface area contributed by atoms with Crippen LogP contribution in [0.25, 0.3) is 0 Å². The van der Waals surface area contributed by atoms with Crippen molar-refractivity contribution in [2.75, 3.05) is 17.2 Å². The fourth-order valence-corrected chi connectivity index (χ4v) is 2.57. The van der Waals surface area contributed by atoms with Gasteiger partial charge in [0.1, 0.15) is 0 Å². The second-order valence-electron chi connectivity index (χ2n) is 5.54. The van der Waals surface area contributed by atoms with Gasteiger partial charge in [-0.1, -0.05) is 18.2 Å². The van der Waals surface area contributed by atoms with Gasteiger partial charge in [0, 0.05) is 16.9 Å². The first-order chi connectivity index (χ1) is 11.2. The smallest absolute Gasteiger partial charge is 0.255 e. The molecule has 1 aliphatic rings. The molecule has 0 aliphatic carbocycles. The summed E-state index contributed by atoms with van der Waals surface area (Å²) < 4.78 is 0. The molecule has 0 radical (unpaired) electrons. The molecule has 2 aromatic carbocycles. The normalized spacial score (nSPS) is 16.8. The maximum Gasteiger partial charge on any atom is 0.255 e. The van der Waals surface area contributed by atoms with E-state index in [1.54, 1.807) is 24.3 Å². The summed E-state index contributed by atoms with van der Waals surface area (Å²) >= 11 is 0. The highest BCUT2D eigenvalue weighted by Crippen LogP contribution is 2.14. The van der Waals surface area contributed by atoms with Gasteiger partial charge in [-0.15, -0.1) is 0 Å². The van der Waals surface area contributed by atoms with Crippen LogP contribution in [-0.2, 0) is 4.79 Å². The van der Waals surface area contributed by atoms with E-state index in [9.17, 15) is 9.59 Å². The number of para-hydroxylation sites is 1. The van der Waals surface area contributed by atoms with E-state index in [1.807, 2.05) is 30.3 Å². The number of carbonyl (C=O) groups excluding carboxylic acids is 2. The summed E-state index contributed by atoms with van der Waals surface area (Å²) in [5.41, 5.74) is 1.99. The van der Waals surface area contributed by atoms with Gasteiger partial charge in [-0.2, -0.15) is 0 Å². The van der Waals surface area contributed by atoms with Crippen molar-refractivity contribution in [2.24, 2.45) is 0 Å². The van der Waals surface area contributed by atoms with Crippen molar-refractivity contribution < 1.29 is 9.59 Å². The van der Waals surface area contributed by atoms with Gasteiger partial charge < -0.3 is 16.0 Å². The van der Waals surface area contributed by atoms with E-state index in [0.29, 0.717) is 11.3 Å². The minimum atomic E-state index is -0.175. The minimum Gasteiger partial charge on any atom is -0.325 e. The Balaban J connectivity index is 1.60. The number of anilines is 2. The standard InChI is InChI=1S/C18H19N3O2/c22-17(20-14-5-2-1-3-6-14)13-8-10-15(11-9-13)21-18(23)16-7-4-12-19-16/h1-3,5-6,8-11,16,19H,4,7,12H2,(H,20,22)(H,21,23)/t16-/m1/s1. The lowest BCUT2D eigenvalue weighted by molar-refractivity contribution is -0.117. The van der Waals surface area contributed by atoms with Gasteiger partial charge in [0.05, 0.1) is 6.04 Å². The maximum absolute atomic E-state index is 12.1. The molecule has 0 saturated carbocycles. The van der Waals surface area contributed by atoms with Crippen molar-refractivity contribution in [3.63, 3.8) is 0 Å². The first kappa shape index (κ1) is 15.2. The Morgan fingerprint density at radius 3 is 2.26 bits per heavy atom. The highest BCUT2D eigenvalue weighted by Gasteiger charge is 2.21. The Kier molecular flexibility index (Phi) is 4.68. The number of carbonyl (C=O) groups is 2. The van der Waals surface area contributed by atoms with Gasteiger partial charge in [0.25, 0.3) is 5.91 Å². The Morgan fingerprint density at radius 1 is 0.913 bits per heavy atom. The first-order valence-corrected chi connectivity index (χ1v) is 7.73. The molecule has 0 spiro atoms. The molecule has 1 atom stereocenters. The zero-order valence-electron chi connectivity index (χ0n) is 12.7. The van der Waals surface area contributed by atoms with Gasteiger partial charge in [0.2, 0.25) is 5.91 Å². The van der Waals surface area contributed by atoms with Crippen LogP contribution < -0.4 is 16.0 Å². The zero-order chi connectivity index (χ0) is 16.1. The molecule has 1 saturated heterocycles. The molecular formula is C18H19N3O2. The van der Waals surface area contributed by atoms with E-state index in [2.05, 4.69) is 16.0 Å². The Labute approximate surface area is 135 Å². The highest BCUT2D eigenvalue weighted by molar-refractivity contribution is 6.04. The maximum atomic E-state index is 12.1. The molecule has 3 N–H and O–H groups in total. The predicted octanol–water partition coefficient (Wildman–Crippen LogP) is 2.63. The third-order valence-electron chi connectivity index (χ3n) is 3.82.